The van der Waals surface area contributed by atoms with Crippen LogP contribution in [0, 0.1) is 0 Å². The maximum absolute atomic E-state index is 3.49. The lowest BCUT2D eigenvalue weighted by Gasteiger charge is -2.23. The molecule has 1 aromatic heterocycles. The zero-order chi connectivity index (χ0) is 11.3. The van der Waals surface area contributed by atoms with E-state index in [2.05, 4.69) is 58.6 Å². The summed E-state index contributed by atoms with van der Waals surface area (Å²) < 4.78 is 1.21. The lowest BCUT2D eigenvalue weighted by molar-refractivity contribution is 0.276. The number of halogens is 2. The SMILES string of the molecule is CCC(CNCc1csc(Br)c1)N(C)C.Cl. The average Bonchev–Trinajstić information content (AvgIpc) is 2.58. The lowest BCUT2D eigenvalue weighted by atomic mass is 10.2. The van der Waals surface area contributed by atoms with Crippen molar-refractivity contribution < 1.29 is 0 Å². The van der Waals surface area contributed by atoms with E-state index in [1.807, 2.05) is 0 Å². The summed E-state index contributed by atoms with van der Waals surface area (Å²) in [6.45, 7) is 4.25. The second kappa shape index (κ2) is 8.48. The van der Waals surface area contributed by atoms with Gasteiger partial charge < -0.3 is 10.2 Å². The van der Waals surface area contributed by atoms with Crippen molar-refractivity contribution in [3.05, 3.63) is 20.8 Å². The van der Waals surface area contributed by atoms with Crippen molar-refractivity contribution in [2.45, 2.75) is 25.9 Å². The van der Waals surface area contributed by atoms with Crippen LogP contribution in [0.2, 0.25) is 0 Å². The number of hydrogen-bond donors (Lipinski definition) is 1. The van der Waals surface area contributed by atoms with Crippen molar-refractivity contribution in [3.8, 4) is 0 Å². The molecular formula is C11H20BrClN2S. The Morgan fingerprint density at radius 1 is 1.50 bits per heavy atom. The number of nitrogens with one attached hydrogen (secondary N) is 1. The second-order valence-electron chi connectivity index (χ2n) is 3.92. The molecular weight excluding hydrogens is 308 g/mol. The molecule has 0 saturated carbocycles. The number of likely N-dealkylation sites (N-methyl/N-ethyl adjacent to an activating group) is 1. The summed E-state index contributed by atoms with van der Waals surface area (Å²) in [6, 6.07) is 2.81. The van der Waals surface area contributed by atoms with E-state index in [-0.39, 0.29) is 12.4 Å². The van der Waals surface area contributed by atoms with Crippen LogP contribution in [0.1, 0.15) is 18.9 Å². The van der Waals surface area contributed by atoms with Gasteiger partial charge in [0.15, 0.2) is 0 Å². The first-order valence-electron chi connectivity index (χ1n) is 5.23. The molecule has 0 radical (unpaired) electrons. The van der Waals surface area contributed by atoms with Crippen LogP contribution < -0.4 is 5.32 Å². The number of rotatable bonds is 6. The van der Waals surface area contributed by atoms with Gasteiger partial charge in [-0.05, 0) is 53.5 Å². The standard InChI is InChI=1S/C11H19BrN2S.ClH/c1-4-10(14(2)3)7-13-6-9-5-11(12)15-8-9;/h5,8,10,13H,4,6-7H2,1-3H3;1H. The molecule has 1 N–H and O–H groups in total. The molecule has 0 amide bonds. The Morgan fingerprint density at radius 3 is 2.62 bits per heavy atom. The van der Waals surface area contributed by atoms with E-state index in [4.69, 9.17) is 0 Å². The fourth-order valence-electron chi connectivity index (χ4n) is 1.51. The fraction of sp³-hybridized carbons (Fsp3) is 0.636. The second-order valence-corrected chi connectivity index (χ2v) is 6.21. The van der Waals surface area contributed by atoms with Crippen molar-refractivity contribution in [2.75, 3.05) is 20.6 Å². The third-order valence-electron chi connectivity index (χ3n) is 2.53. The monoisotopic (exact) mass is 326 g/mol. The van der Waals surface area contributed by atoms with Gasteiger partial charge >= 0.3 is 0 Å². The van der Waals surface area contributed by atoms with Gasteiger partial charge in [0.2, 0.25) is 0 Å². The van der Waals surface area contributed by atoms with Crippen LogP contribution in [-0.4, -0.2) is 31.6 Å². The van der Waals surface area contributed by atoms with Crippen LogP contribution in [0.5, 0.6) is 0 Å². The minimum atomic E-state index is 0. The Kier molecular flexibility index (Phi) is 8.68. The van der Waals surface area contributed by atoms with Crippen LogP contribution in [-0.2, 0) is 6.54 Å². The summed E-state index contributed by atoms with van der Waals surface area (Å²) in [4.78, 5) is 2.27. The molecule has 0 bridgehead atoms. The van der Waals surface area contributed by atoms with E-state index in [0.29, 0.717) is 6.04 Å². The fourth-order valence-corrected chi connectivity index (χ4v) is 2.72. The van der Waals surface area contributed by atoms with Crippen LogP contribution in [0.4, 0.5) is 0 Å². The van der Waals surface area contributed by atoms with E-state index in [1.54, 1.807) is 11.3 Å². The highest BCUT2D eigenvalue weighted by Crippen LogP contribution is 2.20. The normalized spacial score (nSPS) is 12.6. The zero-order valence-corrected chi connectivity index (χ0v) is 13.2. The number of thiophene rings is 1. The summed E-state index contributed by atoms with van der Waals surface area (Å²) in [5, 5.41) is 5.68. The molecule has 94 valence electrons. The predicted octanol–water partition coefficient (Wildman–Crippen LogP) is 3.36. The molecule has 1 rings (SSSR count). The van der Waals surface area contributed by atoms with Gasteiger partial charge in [-0.1, -0.05) is 6.92 Å². The van der Waals surface area contributed by atoms with Crippen molar-refractivity contribution in [2.24, 2.45) is 0 Å². The van der Waals surface area contributed by atoms with Crippen LogP contribution in [0.3, 0.4) is 0 Å². The first-order valence-corrected chi connectivity index (χ1v) is 6.90. The van der Waals surface area contributed by atoms with E-state index in [9.17, 15) is 0 Å². The maximum atomic E-state index is 3.49. The van der Waals surface area contributed by atoms with Gasteiger partial charge in [-0.3, -0.25) is 0 Å². The van der Waals surface area contributed by atoms with Gasteiger partial charge in [-0.25, -0.2) is 0 Å². The van der Waals surface area contributed by atoms with Crippen molar-refractivity contribution in [1.82, 2.24) is 10.2 Å². The van der Waals surface area contributed by atoms with Crippen LogP contribution in [0.25, 0.3) is 0 Å². The third-order valence-corrected chi connectivity index (χ3v) is 4.09. The van der Waals surface area contributed by atoms with Crippen LogP contribution in [0.15, 0.2) is 15.2 Å². The summed E-state index contributed by atoms with van der Waals surface area (Å²) in [7, 11) is 4.27. The van der Waals surface area contributed by atoms with E-state index in [1.165, 1.54) is 15.8 Å². The smallest absolute Gasteiger partial charge is 0.0701 e. The maximum Gasteiger partial charge on any atom is 0.0701 e. The molecule has 1 atom stereocenters. The largest absolute Gasteiger partial charge is 0.311 e. The summed E-state index contributed by atoms with van der Waals surface area (Å²) in [6.07, 6.45) is 1.19. The molecule has 0 fully saturated rings. The molecule has 1 heterocycles. The highest BCUT2D eigenvalue weighted by atomic mass is 79.9. The van der Waals surface area contributed by atoms with Gasteiger partial charge in [-0.2, -0.15) is 0 Å². The minimum absolute atomic E-state index is 0. The summed E-state index contributed by atoms with van der Waals surface area (Å²) in [5.41, 5.74) is 1.36. The van der Waals surface area contributed by atoms with Crippen LogP contribution >= 0.6 is 39.7 Å². The van der Waals surface area contributed by atoms with Gasteiger partial charge in [-0.15, -0.1) is 23.7 Å². The van der Waals surface area contributed by atoms with E-state index >= 15 is 0 Å². The highest BCUT2D eigenvalue weighted by Gasteiger charge is 2.07. The lowest BCUT2D eigenvalue weighted by Crippen LogP contribution is -2.37. The number of hydrogen-bond acceptors (Lipinski definition) is 3. The molecule has 1 aromatic rings. The quantitative estimate of drug-likeness (QED) is 0.862. The summed E-state index contributed by atoms with van der Waals surface area (Å²) in [5.74, 6) is 0. The molecule has 5 heteroatoms. The molecule has 0 spiro atoms. The van der Waals surface area contributed by atoms with Crippen molar-refractivity contribution >= 4 is 39.7 Å². The van der Waals surface area contributed by atoms with Gasteiger partial charge in [0, 0.05) is 19.1 Å². The Bertz CT molecular complexity index is 291. The molecule has 16 heavy (non-hydrogen) atoms. The zero-order valence-electron chi connectivity index (χ0n) is 10.00. The Morgan fingerprint density at radius 2 is 2.19 bits per heavy atom. The van der Waals surface area contributed by atoms with Gasteiger partial charge in [0.25, 0.3) is 0 Å². The molecule has 1 unspecified atom stereocenters. The van der Waals surface area contributed by atoms with E-state index < -0.39 is 0 Å². The predicted molar refractivity (Wildman–Crippen MR) is 78.7 cm³/mol. The molecule has 0 aliphatic rings. The topological polar surface area (TPSA) is 15.3 Å². The average molecular weight is 328 g/mol. The minimum Gasteiger partial charge on any atom is -0.311 e. The Hall–Kier alpha value is 0.390. The molecule has 2 nitrogen and oxygen atoms in total. The Labute approximate surface area is 117 Å². The first-order chi connectivity index (χ1) is 7.13. The molecule has 0 saturated heterocycles. The number of nitrogens with zero attached hydrogens (tertiary/aromatic N) is 1. The van der Waals surface area contributed by atoms with Crippen molar-refractivity contribution in [3.63, 3.8) is 0 Å². The van der Waals surface area contributed by atoms with Gasteiger partial charge in [0.05, 0.1) is 3.79 Å². The first kappa shape index (κ1) is 16.4. The molecule has 0 aromatic carbocycles. The van der Waals surface area contributed by atoms with E-state index in [0.717, 1.165) is 13.1 Å². The molecule has 0 aliphatic carbocycles. The van der Waals surface area contributed by atoms with Crippen molar-refractivity contribution in [1.29, 1.82) is 0 Å². The van der Waals surface area contributed by atoms with Gasteiger partial charge in [0.1, 0.15) is 0 Å². The Balaban J connectivity index is 0.00000225. The highest BCUT2D eigenvalue weighted by molar-refractivity contribution is 9.11. The third kappa shape index (κ3) is 5.64. The summed E-state index contributed by atoms with van der Waals surface area (Å²) >= 11 is 5.21. The molecule has 0 aliphatic heterocycles.